The van der Waals surface area contributed by atoms with Gasteiger partial charge in [0.2, 0.25) is 0 Å². The number of rotatable bonds is 3. The molecule has 0 fully saturated rings. The van der Waals surface area contributed by atoms with Gasteiger partial charge in [0.05, 0.1) is 18.2 Å². The summed E-state index contributed by atoms with van der Waals surface area (Å²) in [6, 6.07) is 4.81. The van der Waals surface area contributed by atoms with Gasteiger partial charge in [0.15, 0.2) is 0 Å². The van der Waals surface area contributed by atoms with Crippen LogP contribution in [0.15, 0.2) is 16.6 Å². The van der Waals surface area contributed by atoms with Gasteiger partial charge in [-0.1, -0.05) is 13.8 Å². The van der Waals surface area contributed by atoms with Crippen LogP contribution >= 0.6 is 15.9 Å². The Labute approximate surface area is 117 Å². The van der Waals surface area contributed by atoms with Crippen LogP contribution in [0.2, 0.25) is 0 Å². The smallest absolute Gasteiger partial charge is 0.138 e. The molecule has 1 aromatic rings. The third-order valence-corrected chi connectivity index (χ3v) is 3.66. The second-order valence-electron chi connectivity index (χ2n) is 4.89. The first-order valence-corrected chi connectivity index (χ1v) is 7.17. The maximum Gasteiger partial charge on any atom is 0.138 e. The first kappa shape index (κ1) is 13.7. The van der Waals surface area contributed by atoms with Crippen LogP contribution in [0, 0.1) is 0 Å². The van der Waals surface area contributed by atoms with Gasteiger partial charge >= 0.3 is 0 Å². The molecule has 3 nitrogen and oxygen atoms in total. The number of methoxy groups -OCH3 is 1. The number of ether oxygens (including phenoxy) is 2. The Morgan fingerprint density at radius 3 is 2.89 bits per heavy atom. The minimum atomic E-state index is 0.328. The standard InChI is InChI=1S/C14H20BrNO2/c1-9(2)16-13-5-4-6-18-14-11(13)7-10(17-3)8-12(14)15/h7-9,13,16H,4-6H2,1-3H3. The number of fused-ring (bicyclic) bond motifs is 1. The summed E-state index contributed by atoms with van der Waals surface area (Å²) in [7, 11) is 1.69. The Bertz CT molecular complexity index is 421. The predicted octanol–water partition coefficient (Wildman–Crippen LogP) is 3.67. The number of hydrogen-bond donors (Lipinski definition) is 1. The fourth-order valence-corrected chi connectivity index (χ4v) is 2.88. The van der Waals surface area contributed by atoms with Gasteiger partial charge in [0.1, 0.15) is 11.5 Å². The molecule has 0 bridgehead atoms. The van der Waals surface area contributed by atoms with Crippen molar-refractivity contribution in [1.29, 1.82) is 0 Å². The quantitative estimate of drug-likeness (QED) is 0.923. The molecule has 1 N–H and O–H groups in total. The summed E-state index contributed by atoms with van der Waals surface area (Å²) in [5.74, 6) is 1.81. The van der Waals surface area contributed by atoms with Gasteiger partial charge in [-0.05, 0) is 40.9 Å². The average Bonchev–Trinajstić information content (AvgIpc) is 2.52. The first-order valence-electron chi connectivity index (χ1n) is 6.38. The molecule has 100 valence electrons. The summed E-state index contributed by atoms with van der Waals surface area (Å²) in [6.07, 6.45) is 2.15. The Balaban J connectivity index is 2.41. The highest BCUT2D eigenvalue weighted by Gasteiger charge is 2.23. The molecule has 1 aliphatic rings. The van der Waals surface area contributed by atoms with Crippen molar-refractivity contribution in [2.24, 2.45) is 0 Å². The topological polar surface area (TPSA) is 30.5 Å². The van der Waals surface area contributed by atoms with Gasteiger partial charge in [0.25, 0.3) is 0 Å². The van der Waals surface area contributed by atoms with Crippen molar-refractivity contribution < 1.29 is 9.47 Å². The summed E-state index contributed by atoms with van der Waals surface area (Å²) in [5, 5.41) is 3.60. The zero-order valence-corrected chi connectivity index (χ0v) is 12.7. The van der Waals surface area contributed by atoms with E-state index in [4.69, 9.17) is 9.47 Å². The van der Waals surface area contributed by atoms with Gasteiger partial charge in [-0.2, -0.15) is 0 Å². The monoisotopic (exact) mass is 313 g/mol. The van der Waals surface area contributed by atoms with Crippen molar-refractivity contribution in [3.63, 3.8) is 0 Å². The van der Waals surface area contributed by atoms with E-state index in [0.717, 1.165) is 35.4 Å². The van der Waals surface area contributed by atoms with E-state index in [-0.39, 0.29) is 0 Å². The predicted molar refractivity (Wildman–Crippen MR) is 76.4 cm³/mol. The van der Waals surface area contributed by atoms with Gasteiger partial charge < -0.3 is 14.8 Å². The highest BCUT2D eigenvalue weighted by molar-refractivity contribution is 9.10. The van der Waals surface area contributed by atoms with E-state index in [1.165, 1.54) is 5.56 Å². The van der Waals surface area contributed by atoms with Crippen LogP contribution in [0.4, 0.5) is 0 Å². The molecule has 0 saturated heterocycles. The summed E-state index contributed by atoms with van der Waals surface area (Å²) in [4.78, 5) is 0. The molecule has 1 aromatic carbocycles. The lowest BCUT2D eigenvalue weighted by molar-refractivity contribution is 0.312. The van der Waals surface area contributed by atoms with Crippen LogP contribution < -0.4 is 14.8 Å². The fraction of sp³-hybridized carbons (Fsp3) is 0.571. The number of halogens is 1. The molecule has 0 spiro atoms. The zero-order chi connectivity index (χ0) is 13.1. The van der Waals surface area contributed by atoms with Gasteiger partial charge in [0, 0.05) is 17.6 Å². The van der Waals surface area contributed by atoms with Gasteiger partial charge in [-0.25, -0.2) is 0 Å². The van der Waals surface area contributed by atoms with Gasteiger partial charge in [-0.15, -0.1) is 0 Å². The summed E-state index contributed by atoms with van der Waals surface area (Å²) < 4.78 is 12.2. The van der Waals surface area contributed by atoms with Crippen molar-refractivity contribution in [3.8, 4) is 11.5 Å². The lowest BCUT2D eigenvalue weighted by Gasteiger charge is -2.22. The van der Waals surface area contributed by atoms with E-state index in [9.17, 15) is 0 Å². The zero-order valence-electron chi connectivity index (χ0n) is 11.1. The Morgan fingerprint density at radius 2 is 2.22 bits per heavy atom. The summed E-state index contributed by atoms with van der Waals surface area (Å²) in [5.41, 5.74) is 1.19. The van der Waals surface area contributed by atoms with Crippen LogP contribution in [0.25, 0.3) is 0 Å². The summed E-state index contributed by atoms with van der Waals surface area (Å²) in [6.45, 7) is 5.11. The Morgan fingerprint density at radius 1 is 1.44 bits per heavy atom. The minimum Gasteiger partial charge on any atom is -0.497 e. The molecule has 1 aliphatic heterocycles. The minimum absolute atomic E-state index is 0.328. The first-order chi connectivity index (χ1) is 8.61. The van der Waals surface area contributed by atoms with Gasteiger partial charge in [-0.3, -0.25) is 0 Å². The highest BCUT2D eigenvalue weighted by Crippen LogP contribution is 2.40. The van der Waals surface area contributed by atoms with Crippen LogP contribution in [0.3, 0.4) is 0 Å². The molecule has 0 amide bonds. The summed E-state index contributed by atoms with van der Waals surface area (Å²) >= 11 is 3.57. The van der Waals surface area contributed by atoms with E-state index in [1.807, 2.05) is 6.07 Å². The van der Waals surface area contributed by atoms with Crippen molar-refractivity contribution in [2.45, 2.75) is 38.8 Å². The maximum atomic E-state index is 5.85. The Hall–Kier alpha value is -0.740. The molecule has 1 heterocycles. The SMILES string of the molecule is COc1cc(Br)c2c(c1)C(NC(C)C)CCCO2. The van der Waals surface area contributed by atoms with E-state index < -0.39 is 0 Å². The van der Waals surface area contributed by atoms with E-state index in [2.05, 4.69) is 41.2 Å². The van der Waals surface area contributed by atoms with Crippen molar-refractivity contribution >= 4 is 15.9 Å². The van der Waals surface area contributed by atoms with Crippen molar-refractivity contribution in [3.05, 3.63) is 22.2 Å². The maximum absolute atomic E-state index is 5.85. The second-order valence-corrected chi connectivity index (χ2v) is 5.75. The molecule has 18 heavy (non-hydrogen) atoms. The molecule has 0 aromatic heterocycles. The third kappa shape index (κ3) is 2.98. The van der Waals surface area contributed by atoms with E-state index >= 15 is 0 Å². The molecule has 2 rings (SSSR count). The fourth-order valence-electron chi connectivity index (χ4n) is 2.31. The molecule has 0 radical (unpaired) electrons. The number of hydrogen-bond acceptors (Lipinski definition) is 3. The number of benzene rings is 1. The molecule has 4 heteroatoms. The largest absolute Gasteiger partial charge is 0.497 e. The van der Waals surface area contributed by atoms with Crippen molar-refractivity contribution in [2.75, 3.05) is 13.7 Å². The Kier molecular flexibility index (Phi) is 4.51. The molecular formula is C14H20BrNO2. The van der Waals surface area contributed by atoms with Crippen LogP contribution in [-0.2, 0) is 0 Å². The molecular weight excluding hydrogens is 294 g/mol. The average molecular weight is 314 g/mol. The molecule has 0 saturated carbocycles. The van der Waals surface area contributed by atoms with Crippen LogP contribution in [0.1, 0.15) is 38.3 Å². The third-order valence-electron chi connectivity index (χ3n) is 3.08. The van der Waals surface area contributed by atoms with E-state index in [1.54, 1.807) is 7.11 Å². The second kappa shape index (κ2) is 5.93. The molecule has 1 unspecified atom stereocenters. The van der Waals surface area contributed by atoms with Crippen LogP contribution in [-0.4, -0.2) is 19.8 Å². The van der Waals surface area contributed by atoms with E-state index in [0.29, 0.717) is 12.1 Å². The van der Waals surface area contributed by atoms with Crippen molar-refractivity contribution in [1.82, 2.24) is 5.32 Å². The lowest BCUT2D eigenvalue weighted by atomic mass is 10.0. The van der Waals surface area contributed by atoms with Crippen LogP contribution in [0.5, 0.6) is 11.5 Å². The lowest BCUT2D eigenvalue weighted by Crippen LogP contribution is -2.27. The number of nitrogens with one attached hydrogen (secondary N) is 1. The molecule has 1 atom stereocenters. The normalized spacial score (nSPS) is 19.1. The highest BCUT2D eigenvalue weighted by atomic mass is 79.9. The molecule has 0 aliphatic carbocycles.